The summed E-state index contributed by atoms with van der Waals surface area (Å²) in [6.07, 6.45) is 7.51. The first-order valence-corrected chi connectivity index (χ1v) is 5.37. The van der Waals surface area contributed by atoms with Crippen LogP contribution in [0.5, 0.6) is 0 Å². The summed E-state index contributed by atoms with van der Waals surface area (Å²) in [5, 5.41) is 10.5. The fourth-order valence-corrected chi connectivity index (χ4v) is 2.08. The standard InChI is InChI=1S/C11H17N3O/c1-14-5-2-3-11(15,4-6-14)10-7-12-9-13-8-10/h7-9,15H,2-6H2,1H3. The molecule has 0 radical (unpaired) electrons. The van der Waals surface area contributed by atoms with Crippen molar-refractivity contribution in [2.24, 2.45) is 0 Å². The molecule has 0 aromatic carbocycles. The largest absolute Gasteiger partial charge is 0.385 e. The first-order chi connectivity index (χ1) is 7.21. The minimum absolute atomic E-state index is 0.730. The summed E-state index contributed by atoms with van der Waals surface area (Å²) in [5.41, 5.74) is 0.117. The van der Waals surface area contributed by atoms with Crippen LogP contribution in [0, 0.1) is 0 Å². The zero-order chi connectivity index (χ0) is 10.7. The van der Waals surface area contributed by atoms with E-state index < -0.39 is 5.60 Å². The topological polar surface area (TPSA) is 49.2 Å². The molecule has 1 aliphatic rings. The molecule has 2 rings (SSSR count). The molecule has 1 aromatic rings. The molecule has 2 heterocycles. The third-order valence-electron chi connectivity index (χ3n) is 3.14. The van der Waals surface area contributed by atoms with Gasteiger partial charge in [0.1, 0.15) is 6.33 Å². The molecule has 0 amide bonds. The lowest BCUT2D eigenvalue weighted by atomic mass is 9.89. The van der Waals surface area contributed by atoms with Crippen molar-refractivity contribution in [3.63, 3.8) is 0 Å². The highest BCUT2D eigenvalue weighted by atomic mass is 16.3. The van der Waals surface area contributed by atoms with E-state index in [1.165, 1.54) is 6.33 Å². The van der Waals surface area contributed by atoms with Gasteiger partial charge < -0.3 is 10.0 Å². The van der Waals surface area contributed by atoms with Crippen molar-refractivity contribution in [2.75, 3.05) is 20.1 Å². The minimum Gasteiger partial charge on any atom is -0.385 e. The van der Waals surface area contributed by atoms with Crippen LogP contribution in [0.4, 0.5) is 0 Å². The van der Waals surface area contributed by atoms with Gasteiger partial charge in [0.25, 0.3) is 0 Å². The van der Waals surface area contributed by atoms with E-state index in [9.17, 15) is 5.11 Å². The maximum atomic E-state index is 10.5. The summed E-state index contributed by atoms with van der Waals surface area (Å²) < 4.78 is 0. The van der Waals surface area contributed by atoms with Crippen molar-refractivity contribution in [1.29, 1.82) is 0 Å². The molecular formula is C11H17N3O. The highest BCUT2D eigenvalue weighted by Crippen LogP contribution is 2.31. The van der Waals surface area contributed by atoms with E-state index >= 15 is 0 Å². The highest BCUT2D eigenvalue weighted by molar-refractivity contribution is 5.14. The lowest BCUT2D eigenvalue weighted by Gasteiger charge is -2.26. The quantitative estimate of drug-likeness (QED) is 0.739. The van der Waals surface area contributed by atoms with E-state index in [0.29, 0.717) is 0 Å². The van der Waals surface area contributed by atoms with Crippen molar-refractivity contribution >= 4 is 0 Å². The lowest BCUT2D eigenvalue weighted by Crippen LogP contribution is -2.28. The highest BCUT2D eigenvalue weighted by Gasteiger charge is 2.31. The lowest BCUT2D eigenvalue weighted by molar-refractivity contribution is 0.0211. The second kappa shape index (κ2) is 4.24. The van der Waals surface area contributed by atoms with Crippen LogP contribution in [-0.4, -0.2) is 40.1 Å². The minimum atomic E-state index is -0.730. The number of aliphatic hydroxyl groups is 1. The molecular weight excluding hydrogens is 190 g/mol. The molecule has 1 fully saturated rings. The van der Waals surface area contributed by atoms with E-state index in [1.54, 1.807) is 12.4 Å². The molecule has 1 aliphatic heterocycles. The maximum absolute atomic E-state index is 10.5. The fourth-order valence-electron chi connectivity index (χ4n) is 2.08. The third-order valence-corrected chi connectivity index (χ3v) is 3.14. The Balaban J connectivity index is 2.19. The maximum Gasteiger partial charge on any atom is 0.115 e. The van der Waals surface area contributed by atoms with Crippen LogP contribution in [0.1, 0.15) is 24.8 Å². The van der Waals surface area contributed by atoms with Gasteiger partial charge >= 0.3 is 0 Å². The second-order valence-electron chi connectivity index (χ2n) is 4.32. The van der Waals surface area contributed by atoms with Gasteiger partial charge in [0.2, 0.25) is 0 Å². The Hall–Kier alpha value is -1.00. The number of aromatic nitrogens is 2. The Kier molecular flexibility index (Phi) is 2.98. The number of nitrogens with zero attached hydrogens (tertiary/aromatic N) is 3. The molecule has 0 spiro atoms. The van der Waals surface area contributed by atoms with Crippen molar-refractivity contribution in [3.05, 3.63) is 24.3 Å². The molecule has 0 saturated carbocycles. The fraction of sp³-hybridized carbons (Fsp3) is 0.636. The van der Waals surface area contributed by atoms with Gasteiger partial charge in [-0.2, -0.15) is 0 Å². The Morgan fingerprint density at radius 2 is 2.00 bits per heavy atom. The number of likely N-dealkylation sites (tertiary alicyclic amines) is 1. The van der Waals surface area contributed by atoms with E-state index in [2.05, 4.69) is 21.9 Å². The van der Waals surface area contributed by atoms with Crippen LogP contribution in [0.25, 0.3) is 0 Å². The van der Waals surface area contributed by atoms with Gasteiger partial charge in [0, 0.05) is 24.5 Å². The predicted molar refractivity (Wildman–Crippen MR) is 57.3 cm³/mol. The molecule has 1 aromatic heterocycles. The van der Waals surface area contributed by atoms with Crippen LogP contribution in [0.15, 0.2) is 18.7 Å². The smallest absolute Gasteiger partial charge is 0.115 e. The Morgan fingerprint density at radius 1 is 1.27 bits per heavy atom. The molecule has 0 aliphatic carbocycles. The van der Waals surface area contributed by atoms with Crippen LogP contribution in [0.3, 0.4) is 0 Å². The number of hydrogen-bond donors (Lipinski definition) is 1. The molecule has 4 nitrogen and oxygen atoms in total. The average Bonchev–Trinajstić information content (AvgIpc) is 2.44. The summed E-state index contributed by atoms with van der Waals surface area (Å²) >= 11 is 0. The van der Waals surface area contributed by atoms with E-state index in [1.807, 2.05) is 0 Å². The van der Waals surface area contributed by atoms with Crippen LogP contribution in [0.2, 0.25) is 0 Å². The van der Waals surface area contributed by atoms with Gasteiger partial charge in [-0.05, 0) is 32.9 Å². The van der Waals surface area contributed by atoms with Gasteiger partial charge in [-0.25, -0.2) is 9.97 Å². The Bertz CT molecular complexity index is 317. The molecule has 15 heavy (non-hydrogen) atoms. The summed E-state index contributed by atoms with van der Waals surface area (Å²) in [6, 6.07) is 0. The number of rotatable bonds is 1. The zero-order valence-corrected chi connectivity index (χ0v) is 9.06. The SMILES string of the molecule is CN1CCCC(O)(c2cncnc2)CC1. The zero-order valence-electron chi connectivity index (χ0n) is 9.06. The summed E-state index contributed by atoms with van der Waals surface area (Å²) in [5.74, 6) is 0. The Morgan fingerprint density at radius 3 is 2.73 bits per heavy atom. The molecule has 1 N–H and O–H groups in total. The second-order valence-corrected chi connectivity index (χ2v) is 4.32. The first kappa shape index (κ1) is 10.5. The van der Waals surface area contributed by atoms with E-state index in [4.69, 9.17) is 0 Å². The molecule has 4 heteroatoms. The summed E-state index contributed by atoms with van der Waals surface area (Å²) in [4.78, 5) is 10.2. The van der Waals surface area contributed by atoms with Crippen LogP contribution < -0.4 is 0 Å². The first-order valence-electron chi connectivity index (χ1n) is 5.37. The Labute approximate surface area is 90.0 Å². The summed E-state index contributed by atoms with van der Waals surface area (Å²) in [7, 11) is 2.09. The van der Waals surface area contributed by atoms with E-state index in [0.717, 1.165) is 37.9 Å². The predicted octanol–water partition coefficient (Wildman–Crippen LogP) is 0.780. The monoisotopic (exact) mass is 207 g/mol. The van der Waals surface area contributed by atoms with Crippen molar-refractivity contribution in [1.82, 2.24) is 14.9 Å². The van der Waals surface area contributed by atoms with Crippen molar-refractivity contribution in [3.8, 4) is 0 Å². The van der Waals surface area contributed by atoms with Gasteiger partial charge in [-0.15, -0.1) is 0 Å². The van der Waals surface area contributed by atoms with Gasteiger partial charge in [-0.3, -0.25) is 0 Å². The molecule has 1 saturated heterocycles. The molecule has 0 bridgehead atoms. The van der Waals surface area contributed by atoms with E-state index in [-0.39, 0.29) is 0 Å². The van der Waals surface area contributed by atoms with Gasteiger partial charge in [0.15, 0.2) is 0 Å². The van der Waals surface area contributed by atoms with Gasteiger partial charge in [-0.1, -0.05) is 0 Å². The molecule has 1 atom stereocenters. The summed E-state index contributed by atoms with van der Waals surface area (Å²) in [6.45, 7) is 1.97. The van der Waals surface area contributed by atoms with Gasteiger partial charge in [0.05, 0.1) is 5.60 Å². The van der Waals surface area contributed by atoms with Crippen LogP contribution >= 0.6 is 0 Å². The van der Waals surface area contributed by atoms with Crippen molar-refractivity contribution in [2.45, 2.75) is 24.9 Å². The number of hydrogen-bond acceptors (Lipinski definition) is 4. The normalized spacial score (nSPS) is 28.7. The van der Waals surface area contributed by atoms with Crippen molar-refractivity contribution < 1.29 is 5.11 Å². The average molecular weight is 207 g/mol. The molecule has 82 valence electrons. The van der Waals surface area contributed by atoms with Crippen LogP contribution in [-0.2, 0) is 5.60 Å². The molecule has 1 unspecified atom stereocenters. The third kappa shape index (κ3) is 2.33.